The van der Waals surface area contributed by atoms with Crippen LogP contribution >= 0.6 is 11.8 Å². The highest BCUT2D eigenvalue weighted by molar-refractivity contribution is 8.12. The van der Waals surface area contributed by atoms with E-state index in [0.717, 1.165) is 0 Å². The highest BCUT2D eigenvalue weighted by Gasteiger charge is 2.43. The lowest BCUT2D eigenvalue weighted by atomic mass is 9.86. The summed E-state index contributed by atoms with van der Waals surface area (Å²) in [5.41, 5.74) is 7.31. The van der Waals surface area contributed by atoms with Crippen LogP contribution in [0.4, 0.5) is 0 Å². The number of nitrogens with two attached hydrogens (primary N) is 1. The molecule has 0 spiro atoms. The molecule has 2 heterocycles. The molecule has 7 nitrogen and oxygen atoms in total. The molecule has 1 unspecified atom stereocenters. The molecular weight excluding hydrogens is 304 g/mol. The number of thioether (sulfide) groups is 1. The number of carbonyl (C=O) groups is 2. The van der Waals surface area contributed by atoms with Gasteiger partial charge >= 0.3 is 0 Å². The smallest absolute Gasteiger partial charge is 0.244 e. The average molecular weight is 328 g/mol. The number of hydrogen-bond acceptors (Lipinski definition) is 6. The highest BCUT2D eigenvalue weighted by atomic mass is 32.2. The van der Waals surface area contributed by atoms with Gasteiger partial charge in [-0.2, -0.15) is 0 Å². The number of carbonyl (C=O) groups excluding carboxylic acids is 2. The minimum atomic E-state index is -0.715. The van der Waals surface area contributed by atoms with Crippen molar-refractivity contribution in [3.8, 4) is 0 Å². The summed E-state index contributed by atoms with van der Waals surface area (Å²) in [7, 11) is 0. The maximum absolute atomic E-state index is 12.6. The molecule has 22 heavy (non-hydrogen) atoms. The number of hydrogen-bond donors (Lipinski definition) is 3. The predicted molar refractivity (Wildman–Crippen MR) is 86.4 cm³/mol. The van der Waals surface area contributed by atoms with Gasteiger partial charge in [0.15, 0.2) is 0 Å². The lowest BCUT2D eigenvalue weighted by Crippen LogP contribution is -2.55. The molecule has 0 radical (unpaired) electrons. The molecule has 0 saturated carbocycles. The number of likely N-dealkylation sites (tertiary alicyclic amines) is 1. The van der Waals surface area contributed by atoms with Gasteiger partial charge in [0.1, 0.15) is 12.2 Å². The number of nitrogens with one attached hydrogen (secondary N) is 1. The molecule has 0 aromatic carbocycles. The molecule has 2 aliphatic heterocycles. The Balaban J connectivity index is 2.06. The van der Waals surface area contributed by atoms with Crippen LogP contribution in [0.25, 0.3) is 0 Å². The minimum absolute atomic E-state index is 0.142. The number of nitrogens with zero attached hydrogens (tertiary/aromatic N) is 2. The number of aliphatic hydroxyl groups excluding tert-OH is 1. The summed E-state index contributed by atoms with van der Waals surface area (Å²) in [5, 5.41) is 12.7. The van der Waals surface area contributed by atoms with Crippen LogP contribution in [0.2, 0.25) is 0 Å². The number of rotatable bonds is 3. The van der Waals surface area contributed by atoms with Crippen molar-refractivity contribution in [3.63, 3.8) is 0 Å². The van der Waals surface area contributed by atoms with Gasteiger partial charge < -0.3 is 21.1 Å². The van der Waals surface area contributed by atoms with Gasteiger partial charge in [0.05, 0.1) is 17.7 Å². The summed E-state index contributed by atoms with van der Waals surface area (Å²) >= 11 is 1.53. The Bertz CT molecular complexity index is 477. The largest absolute Gasteiger partial charge is 0.391 e. The number of aliphatic hydroxyl groups is 1. The summed E-state index contributed by atoms with van der Waals surface area (Å²) in [6.07, 6.45) is -0.727. The van der Waals surface area contributed by atoms with Crippen molar-refractivity contribution in [3.05, 3.63) is 0 Å². The van der Waals surface area contributed by atoms with Crippen LogP contribution in [-0.2, 0) is 9.59 Å². The van der Waals surface area contributed by atoms with Crippen molar-refractivity contribution >= 4 is 29.1 Å². The average Bonchev–Trinajstić information content (AvgIpc) is 3.05. The summed E-state index contributed by atoms with van der Waals surface area (Å²) < 4.78 is 0. The molecule has 8 heteroatoms. The number of β-amino-alcohol motifs (C(OH)–C–C–N with tert-alkyl or cyclic N) is 1. The van der Waals surface area contributed by atoms with E-state index in [1.54, 1.807) is 5.55 Å². The SMILES string of the molecule is CC(C)(C)[C@H](N)C(=O)N1C[C@H](O)C[C@H]1C(=O)NC1CSC=N1. The third kappa shape index (κ3) is 3.80. The Kier molecular flexibility index (Phi) is 5.14. The van der Waals surface area contributed by atoms with Crippen LogP contribution in [0, 0.1) is 5.41 Å². The summed E-state index contributed by atoms with van der Waals surface area (Å²) in [6, 6.07) is -1.40. The zero-order valence-electron chi connectivity index (χ0n) is 13.2. The Morgan fingerprint density at radius 2 is 2.18 bits per heavy atom. The van der Waals surface area contributed by atoms with Gasteiger partial charge in [0, 0.05) is 18.7 Å². The molecule has 4 atom stereocenters. The van der Waals surface area contributed by atoms with Crippen molar-refractivity contribution in [2.45, 2.75) is 51.5 Å². The third-order valence-corrected chi connectivity index (χ3v) is 4.72. The van der Waals surface area contributed by atoms with Gasteiger partial charge in [-0.1, -0.05) is 20.8 Å². The molecule has 0 bridgehead atoms. The molecule has 0 aromatic heterocycles. The van der Waals surface area contributed by atoms with Gasteiger partial charge in [-0.25, -0.2) is 0 Å². The first-order valence-corrected chi connectivity index (χ1v) is 8.43. The standard InChI is InChI=1S/C14H24N4O3S/c1-14(2,3)11(15)13(21)18-5-8(19)4-9(18)12(20)17-10-6-22-7-16-10/h7-11,19H,4-6,15H2,1-3H3,(H,17,20)/t8-,9+,10?,11-/m1/s1. The lowest BCUT2D eigenvalue weighted by Gasteiger charge is -2.32. The quantitative estimate of drug-likeness (QED) is 0.650. The summed E-state index contributed by atoms with van der Waals surface area (Å²) in [6.45, 7) is 5.77. The van der Waals surface area contributed by atoms with E-state index in [0.29, 0.717) is 5.75 Å². The number of aliphatic imine (C=N–C) groups is 1. The van der Waals surface area contributed by atoms with E-state index in [1.807, 2.05) is 20.8 Å². The van der Waals surface area contributed by atoms with Crippen molar-refractivity contribution in [2.75, 3.05) is 12.3 Å². The fraction of sp³-hybridized carbons (Fsp3) is 0.786. The van der Waals surface area contributed by atoms with Gasteiger partial charge in [-0.3, -0.25) is 14.6 Å². The Labute approximate surface area is 134 Å². The van der Waals surface area contributed by atoms with E-state index in [-0.39, 0.29) is 30.9 Å². The van der Waals surface area contributed by atoms with Gasteiger partial charge in [0.2, 0.25) is 11.8 Å². The minimum Gasteiger partial charge on any atom is -0.391 e. The molecule has 2 rings (SSSR count). The van der Waals surface area contributed by atoms with Crippen molar-refractivity contribution in [1.29, 1.82) is 0 Å². The Hall–Kier alpha value is -1.12. The van der Waals surface area contributed by atoms with Crippen LogP contribution in [-0.4, -0.2) is 64.0 Å². The molecule has 0 aromatic rings. The van der Waals surface area contributed by atoms with Gasteiger partial charge in [-0.05, 0) is 5.41 Å². The van der Waals surface area contributed by atoms with Crippen molar-refractivity contribution in [1.82, 2.24) is 10.2 Å². The molecular formula is C14H24N4O3S. The second kappa shape index (κ2) is 6.55. The fourth-order valence-corrected chi connectivity index (χ4v) is 3.16. The van der Waals surface area contributed by atoms with Crippen LogP contribution in [0.3, 0.4) is 0 Å². The predicted octanol–water partition coefficient (Wildman–Crippen LogP) is -0.461. The second-order valence-corrected chi connectivity index (χ2v) is 7.73. The van der Waals surface area contributed by atoms with Crippen molar-refractivity contribution < 1.29 is 14.7 Å². The first-order chi connectivity index (χ1) is 10.2. The van der Waals surface area contributed by atoms with E-state index >= 15 is 0 Å². The highest BCUT2D eigenvalue weighted by Crippen LogP contribution is 2.25. The maximum atomic E-state index is 12.6. The maximum Gasteiger partial charge on any atom is 0.244 e. The second-order valence-electron chi connectivity index (χ2n) is 6.85. The van der Waals surface area contributed by atoms with Gasteiger partial charge in [-0.15, -0.1) is 11.8 Å². The molecule has 1 saturated heterocycles. The first-order valence-electron chi connectivity index (χ1n) is 7.38. The van der Waals surface area contributed by atoms with E-state index in [4.69, 9.17) is 5.73 Å². The van der Waals surface area contributed by atoms with Crippen LogP contribution in [0.1, 0.15) is 27.2 Å². The third-order valence-electron chi connectivity index (χ3n) is 3.94. The zero-order valence-corrected chi connectivity index (χ0v) is 14.0. The summed E-state index contributed by atoms with van der Waals surface area (Å²) in [4.78, 5) is 30.5. The molecule has 2 aliphatic rings. The first kappa shape index (κ1) is 17.2. The molecule has 1 fully saturated rings. The van der Waals surface area contributed by atoms with E-state index in [2.05, 4.69) is 10.3 Å². The van der Waals surface area contributed by atoms with E-state index in [1.165, 1.54) is 16.7 Å². The molecule has 4 N–H and O–H groups in total. The van der Waals surface area contributed by atoms with Crippen LogP contribution in [0.15, 0.2) is 4.99 Å². The topological polar surface area (TPSA) is 108 Å². The van der Waals surface area contributed by atoms with E-state index in [9.17, 15) is 14.7 Å². The normalized spacial score (nSPS) is 29.7. The van der Waals surface area contributed by atoms with Crippen molar-refractivity contribution in [2.24, 2.45) is 16.1 Å². The summed E-state index contributed by atoms with van der Waals surface area (Å²) in [5.74, 6) is 0.111. The van der Waals surface area contributed by atoms with Crippen LogP contribution in [0.5, 0.6) is 0 Å². The van der Waals surface area contributed by atoms with Crippen LogP contribution < -0.4 is 11.1 Å². The fourth-order valence-electron chi connectivity index (χ4n) is 2.49. The molecule has 124 valence electrons. The Morgan fingerprint density at radius 3 is 2.73 bits per heavy atom. The Morgan fingerprint density at radius 1 is 1.50 bits per heavy atom. The zero-order chi connectivity index (χ0) is 16.5. The number of amides is 2. The molecule has 0 aliphatic carbocycles. The lowest BCUT2D eigenvalue weighted by molar-refractivity contribution is -0.141. The monoisotopic (exact) mass is 328 g/mol. The van der Waals surface area contributed by atoms with Gasteiger partial charge in [0.25, 0.3) is 0 Å². The van der Waals surface area contributed by atoms with E-state index < -0.39 is 23.6 Å². The molecule has 2 amide bonds.